The van der Waals surface area contributed by atoms with Crippen LogP contribution in [0.5, 0.6) is 0 Å². The van der Waals surface area contributed by atoms with E-state index in [-0.39, 0.29) is 0 Å². The third-order valence-electron chi connectivity index (χ3n) is 2.56. The maximum absolute atomic E-state index is 11.9. The molecule has 82 valence electrons. The Morgan fingerprint density at radius 2 is 2.47 bits per heavy atom. The van der Waals surface area contributed by atoms with E-state index in [2.05, 4.69) is 15.3 Å². The van der Waals surface area contributed by atoms with Gasteiger partial charge in [-0.15, -0.1) is 0 Å². The number of hydrogen-bond donors (Lipinski definition) is 1. The van der Waals surface area contributed by atoms with Crippen molar-refractivity contribution in [2.45, 2.75) is 17.9 Å². The van der Waals surface area contributed by atoms with Crippen molar-refractivity contribution in [1.29, 1.82) is 0 Å². The largest absolute Gasteiger partial charge is 0.316 e. The molecule has 1 aliphatic rings. The number of aromatic nitrogens is 2. The normalized spacial score (nSPS) is 23.6. The zero-order valence-electron chi connectivity index (χ0n) is 8.56. The SMILES string of the molecule is O=S(CC1CCCNC1)c1cnccn1. The number of nitrogens with zero attached hydrogens (tertiary/aromatic N) is 2. The second kappa shape index (κ2) is 5.32. The Kier molecular flexibility index (Phi) is 3.80. The van der Waals surface area contributed by atoms with Crippen LogP contribution in [-0.4, -0.2) is 33.0 Å². The van der Waals surface area contributed by atoms with Crippen LogP contribution in [0.4, 0.5) is 0 Å². The second-order valence-electron chi connectivity index (χ2n) is 3.77. The van der Waals surface area contributed by atoms with Crippen LogP contribution in [0.15, 0.2) is 23.6 Å². The Bertz CT molecular complexity index is 325. The fraction of sp³-hybridized carbons (Fsp3) is 0.600. The first-order chi connectivity index (χ1) is 7.36. The molecule has 0 bridgehead atoms. The first-order valence-electron chi connectivity index (χ1n) is 5.21. The van der Waals surface area contributed by atoms with Gasteiger partial charge in [-0.1, -0.05) is 0 Å². The van der Waals surface area contributed by atoms with E-state index < -0.39 is 10.8 Å². The molecule has 1 aromatic heterocycles. The summed E-state index contributed by atoms with van der Waals surface area (Å²) in [5.41, 5.74) is 0. The molecule has 0 radical (unpaired) electrons. The highest BCUT2D eigenvalue weighted by molar-refractivity contribution is 7.84. The van der Waals surface area contributed by atoms with Crippen molar-refractivity contribution in [3.05, 3.63) is 18.6 Å². The van der Waals surface area contributed by atoms with Crippen molar-refractivity contribution >= 4 is 10.8 Å². The van der Waals surface area contributed by atoms with Crippen molar-refractivity contribution in [2.24, 2.45) is 5.92 Å². The summed E-state index contributed by atoms with van der Waals surface area (Å²) >= 11 is 0. The van der Waals surface area contributed by atoms with Gasteiger partial charge in [0, 0.05) is 18.1 Å². The van der Waals surface area contributed by atoms with E-state index in [1.165, 1.54) is 12.8 Å². The van der Waals surface area contributed by atoms with Crippen molar-refractivity contribution in [3.63, 3.8) is 0 Å². The van der Waals surface area contributed by atoms with E-state index >= 15 is 0 Å². The highest BCUT2D eigenvalue weighted by Crippen LogP contribution is 2.13. The van der Waals surface area contributed by atoms with Gasteiger partial charge in [0.25, 0.3) is 0 Å². The highest BCUT2D eigenvalue weighted by Gasteiger charge is 2.17. The van der Waals surface area contributed by atoms with Crippen LogP contribution in [-0.2, 0) is 10.8 Å². The summed E-state index contributed by atoms with van der Waals surface area (Å²) in [5, 5.41) is 3.92. The van der Waals surface area contributed by atoms with Crippen molar-refractivity contribution in [3.8, 4) is 0 Å². The van der Waals surface area contributed by atoms with Gasteiger partial charge in [0.15, 0.2) is 0 Å². The molecule has 2 unspecified atom stereocenters. The first kappa shape index (κ1) is 10.7. The molecule has 2 atom stereocenters. The van der Waals surface area contributed by atoms with E-state index in [9.17, 15) is 4.21 Å². The average Bonchev–Trinajstić information content (AvgIpc) is 2.31. The molecule has 0 spiro atoms. The molecule has 1 aliphatic heterocycles. The lowest BCUT2D eigenvalue weighted by molar-refractivity contribution is 0.408. The summed E-state index contributed by atoms with van der Waals surface area (Å²) in [6.45, 7) is 2.07. The lowest BCUT2D eigenvalue weighted by Gasteiger charge is -2.21. The Hall–Kier alpha value is -0.810. The van der Waals surface area contributed by atoms with Gasteiger partial charge in [-0.3, -0.25) is 9.19 Å². The molecule has 2 heterocycles. The Balaban J connectivity index is 1.91. The van der Waals surface area contributed by atoms with Gasteiger partial charge in [-0.2, -0.15) is 0 Å². The van der Waals surface area contributed by atoms with Gasteiger partial charge in [-0.05, 0) is 31.8 Å². The molecule has 1 saturated heterocycles. The van der Waals surface area contributed by atoms with Crippen molar-refractivity contribution < 1.29 is 4.21 Å². The molecular formula is C10H15N3OS. The molecule has 15 heavy (non-hydrogen) atoms. The van der Waals surface area contributed by atoms with Crippen molar-refractivity contribution in [1.82, 2.24) is 15.3 Å². The summed E-state index contributed by atoms with van der Waals surface area (Å²) in [7, 11) is -0.995. The van der Waals surface area contributed by atoms with Gasteiger partial charge in [0.05, 0.1) is 17.0 Å². The molecule has 5 heteroatoms. The smallest absolute Gasteiger partial charge is 0.145 e. The highest BCUT2D eigenvalue weighted by atomic mass is 32.2. The quantitative estimate of drug-likeness (QED) is 0.817. The Labute approximate surface area is 92.0 Å². The predicted octanol–water partition coefficient (Wildman–Crippen LogP) is 0.584. The topological polar surface area (TPSA) is 54.9 Å². The predicted molar refractivity (Wildman–Crippen MR) is 58.9 cm³/mol. The molecule has 1 aromatic rings. The zero-order chi connectivity index (χ0) is 10.5. The van der Waals surface area contributed by atoms with Crippen LogP contribution in [0.3, 0.4) is 0 Å². The van der Waals surface area contributed by atoms with Crippen LogP contribution < -0.4 is 5.32 Å². The molecule has 1 fully saturated rings. The van der Waals surface area contributed by atoms with Gasteiger partial charge >= 0.3 is 0 Å². The Morgan fingerprint density at radius 3 is 3.13 bits per heavy atom. The molecule has 4 nitrogen and oxygen atoms in total. The number of rotatable bonds is 3. The van der Waals surface area contributed by atoms with Crippen molar-refractivity contribution in [2.75, 3.05) is 18.8 Å². The molecule has 0 aliphatic carbocycles. The summed E-state index contributed by atoms with van der Waals surface area (Å²) < 4.78 is 11.9. The third-order valence-corrected chi connectivity index (χ3v) is 4.01. The van der Waals surface area contributed by atoms with E-state index in [4.69, 9.17) is 0 Å². The molecule has 0 aromatic carbocycles. The van der Waals surface area contributed by atoms with Gasteiger partial charge in [0.2, 0.25) is 0 Å². The monoisotopic (exact) mass is 225 g/mol. The standard InChI is InChI=1S/C10H15N3OS/c14-15(10-7-12-4-5-13-10)8-9-2-1-3-11-6-9/h4-5,7,9,11H,1-3,6,8H2. The van der Waals surface area contributed by atoms with E-state index in [0.29, 0.717) is 16.7 Å². The maximum atomic E-state index is 11.9. The minimum absolute atomic E-state index is 0.515. The lowest BCUT2D eigenvalue weighted by Crippen LogP contribution is -2.32. The average molecular weight is 225 g/mol. The van der Waals surface area contributed by atoms with E-state index in [0.717, 1.165) is 13.1 Å². The summed E-state index contributed by atoms with van der Waals surface area (Å²) in [5.74, 6) is 1.22. The number of piperidine rings is 1. The summed E-state index contributed by atoms with van der Waals surface area (Å²) in [4.78, 5) is 7.99. The Morgan fingerprint density at radius 1 is 1.53 bits per heavy atom. The summed E-state index contributed by atoms with van der Waals surface area (Å²) in [6.07, 6.45) is 7.13. The molecular weight excluding hydrogens is 210 g/mol. The van der Waals surface area contributed by atoms with Gasteiger partial charge in [-0.25, -0.2) is 4.98 Å². The number of hydrogen-bond acceptors (Lipinski definition) is 4. The number of nitrogens with one attached hydrogen (secondary N) is 1. The molecule has 0 saturated carbocycles. The third kappa shape index (κ3) is 3.07. The summed E-state index contributed by atoms with van der Waals surface area (Å²) in [6, 6.07) is 0. The minimum atomic E-state index is -0.995. The van der Waals surface area contributed by atoms with Crippen LogP contribution in [0, 0.1) is 5.92 Å². The van der Waals surface area contributed by atoms with Crippen LogP contribution in [0.1, 0.15) is 12.8 Å². The van der Waals surface area contributed by atoms with Gasteiger partial charge in [0.1, 0.15) is 5.03 Å². The van der Waals surface area contributed by atoms with Crippen LogP contribution in [0.25, 0.3) is 0 Å². The zero-order valence-corrected chi connectivity index (χ0v) is 9.37. The first-order valence-corrected chi connectivity index (χ1v) is 6.53. The van der Waals surface area contributed by atoms with E-state index in [1.807, 2.05) is 0 Å². The molecule has 1 N–H and O–H groups in total. The second-order valence-corrected chi connectivity index (χ2v) is 5.21. The molecule has 0 amide bonds. The van der Waals surface area contributed by atoms with Crippen LogP contribution in [0.2, 0.25) is 0 Å². The van der Waals surface area contributed by atoms with E-state index in [1.54, 1.807) is 18.6 Å². The maximum Gasteiger partial charge on any atom is 0.145 e. The minimum Gasteiger partial charge on any atom is -0.316 e. The fourth-order valence-electron chi connectivity index (χ4n) is 1.77. The lowest BCUT2D eigenvalue weighted by atomic mass is 10.0. The molecule has 2 rings (SSSR count). The fourth-order valence-corrected chi connectivity index (χ4v) is 3.01. The van der Waals surface area contributed by atoms with Gasteiger partial charge < -0.3 is 5.32 Å². The van der Waals surface area contributed by atoms with Crippen LogP contribution >= 0.6 is 0 Å².